The van der Waals surface area contributed by atoms with Crippen LogP contribution in [0, 0.1) is 12.7 Å². The first kappa shape index (κ1) is 30.4. The summed E-state index contributed by atoms with van der Waals surface area (Å²) in [7, 11) is -2.41. The molecule has 1 amide bonds. The van der Waals surface area contributed by atoms with Crippen molar-refractivity contribution in [1.82, 2.24) is 18.8 Å². The molecule has 10 nitrogen and oxygen atoms in total. The minimum atomic E-state index is -3.98. The van der Waals surface area contributed by atoms with E-state index in [1.807, 2.05) is 19.1 Å². The number of aryl methyl sites for hydroxylation is 1. The number of sulfonamides is 1. The Balaban J connectivity index is 1.42. The molecule has 0 atom stereocenters. The molecular formula is C31H34FN5O5S. The van der Waals surface area contributed by atoms with Crippen molar-refractivity contribution in [3.8, 4) is 22.7 Å². The van der Waals surface area contributed by atoms with Crippen molar-refractivity contribution in [3.05, 3.63) is 90.4 Å². The maximum atomic E-state index is 13.7. The number of anilines is 1. The second kappa shape index (κ2) is 13.5. The lowest BCUT2D eigenvalue weighted by molar-refractivity contribution is -0.116. The number of nitrogens with one attached hydrogen (secondary N) is 1. The number of rotatable bonds is 11. The molecule has 0 unspecified atom stereocenters. The summed E-state index contributed by atoms with van der Waals surface area (Å²) in [4.78, 5) is 20.4. The number of halogens is 1. The van der Waals surface area contributed by atoms with E-state index in [2.05, 4.69) is 15.2 Å². The van der Waals surface area contributed by atoms with Crippen molar-refractivity contribution in [3.63, 3.8) is 0 Å². The molecule has 0 aliphatic carbocycles. The molecule has 5 rings (SSSR count). The molecule has 0 saturated carbocycles. The van der Waals surface area contributed by atoms with E-state index in [4.69, 9.17) is 9.47 Å². The number of benzene rings is 3. The van der Waals surface area contributed by atoms with Gasteiger partial charge < -0.3 is 9.47 Å². The molecule has 3 aromatic carbocycles. The Labute approximate surface area is 250 Å². The van der Waals surface area contributed by atoms with Gasteiger partial charge in [0.05, 0.1) is 37.5 Å². The topological polar surface area (TPSA) is 106 Å². The third-order valence-corrected chi connectivity index (χ3v) is 9.06. The monoisotopic (exact) mass is 607 g/mol. The quantitative estimate of drug-likeness (QED) is 0.275. The number of carbonyl (C=O) groups is 1. The zero-order valence-electron chi connectivity index (χ0n) is 24.1. The van der Waals surface area contributed by atoms with E-state index in [-0.39, 0.29) is 17.4 Å². The Bertz CT molecular complexity index is 1640. The van der Waals surface area contributed by atoms with Gasteiger partial charge in [-0.05, 0) is 67.6 Å². The lowest BCUT2D eigenvalue weighted by atomic mass is 10.1. The van der Waals surface area contributed by atoms with Crippen LogP contribution in [0.3, 0.4) is 0 Å². The van der Waals surface area contributed by atoms with Crippen molar-refractivity contribution < 1.29 is 27.1 Å². The van der Waals surface area contributed by atoms with E-state index in [1.165, 1.54) is 16.4 Å². The average molecular weight is 608 g/mol. The number of aromatic nitrogens is 2. The van der Waals surface area contributed by atoms with Gasteiger partial charge in [0.25, 0.3) is 0 Å². The Kier molecular flexibility index (Phi) is 9.51. The molecule has 43 heavy (non-hydrogen) atoms. The minimum absolute atomic E-state index is 0.113. The highest BCUT2D eigenvalue weighted by molar-refractivity contribution is 7.89. The standard InChI is InChI=1S/C31H34FN5O5S/c1-23-3-13-28(14-4-23)43(39,40)36(16-15-35-17-19-42-20-18-35)22-30(38)34-31-33-29(24-5-11-27(41-2)12-6-24)21-37(31)26-9-7-25(32)8-10-26/h3-14,21H,15-20,22H2,1-2H3,(H,33,34,38). The third kappa shape index (κ3) is 7.46. The van der Waals surface area contributed by atoms with E-state index in [1.54, 1.807) is 66.4 Å². The summed E-state index contributed by atoms with van der Waals surface area (Å²) in [5.74, 6) is -0.111. The van der Waals surface area contributed by atoms with E-state index < -0.39 is 28.3 Å². The van der Waals surface area contributed by atoms with E-state index in [0.29, 0.717) is 50.0 Å². The van der Waals surface area contributed by atoms with Crippen LogP contribution in [0.5, 0.6) is 5.75 Å². The van der Waals surface area contributed by atoms with Crippen LogP contribution in [-0.2, 0) is 19.6 Å². The van der Waals surface area contributed by atoms with Gasteiger partial charge in [-0.1, -0.05) is 17.7 Å². The fourth-order valence-corrected chi connectivity index (χ4v) is 6.10. The molecule has 0 radical (unpaired) electrons. The Morgan fingerprint density at radius 1 is 1.02 bits per heavy atom. The lowest BCUT2D eigenvalue weighted by Crippen LogP contribution is -2.45. The number of methoxy groups -OCH3 is 1. The normalized spacial score (nSPS) is 14.1. The summed E-state index contributed by atoms with van der Waals surface area (Å²) < 4.78 is 54.6. The molecule has 226 valence electrons. The van der Waals surface area contributed by atoms with Gasteiger partial charge in [-0.25, -0.2) is 17.8 Å². The second-order valence-electron chi connectivity index (χ2n) is 10.2. The van der Waals surface area contributed by atoms with Crippen LogP contribution >= 0.6 is 0 Å². The van der Waals surface area contributed by atoms with Gasteiger partial charge in [-0.3, -0.25) is 19.6 Å². The summed E-state index contributed by atoms with van der Waals surface area (Å²) in [6.45, 7) is 4.56. The maximum Gasteiger partial charge on any atom is 0.243 e. The first-order valence-electron chi connectivity index (χ1n) is 13.9. The molecule has 0 bridgehead atoms. The summed E-state index contributed by atoms with van der Waals surface area (Å²) >= 11 is 0. The molecule has 1 aliphatic heterocycles. The fraction of sp³-hybridized carbons (Fsp3) is 0.290. The Hall–Kier alpha value is -4.10. The van der Waals surface area contributed by atoms with Crippen LogP contribution < -0.4 is 10.1 Å². The number of imidazole rings is 1. The molecule has 12 heteroatoms. The summed E-state index contributed by atoms with van der Waals surface area (Å²) in [6, 6.07) is 19.6. The summed E-state index contributed by atoms with van der Waals surface area (Å²) in [6.07, 6.45) is 1.73. The van der Waals surface area contributed by atoms with E-state index >= 15 is 0 Å². The van der Waals surface area contributed by atoms with Gasteiger partial charge in [-0.15, -0.1) is 0 Å². The first-order valence-corrected chi connectivity index (χ1v) is 15.3. The van der Waals surface area contributed by atoms with Gasteiger partial charge in [-0.2, -0.15) is 4.31 Å². The number of hydrogen-bond donors (Lipinski definition) is 1. The zero-order valence-corrected chi connectivity index (χ0v) is 24.9. The molecule has 1 aromatic heterocycles. The van der Waals surface area contributed by atoms with Crippen molar-refractivity contribution >= 4 is 21.9 Å². The molecule has 0 spiro atoms. The number of ether oxygens (including phenoxy) is 2. The van der Waals surface area contributed by atoms with Crippen molar-refractivity contribution in [2.24, 2.45) is 0 Å². The molecule has 1 fully saturated rings. The van der Waals surface area contributed by atoms with Crippen LogP contribution in [0.15, 0.2) is 83.9 Å². The zero-order chi connectivity index (χ0) is 30.4. The van der Waals surface area contributed by atoms with E-state index in [9.17, 15) is 17.6 Å². The highest BCUT2D eigenvalue weighted by Gasteiger charge is 2.28. The number of hydrogen-bond acceptors (Lipinski definition) is 7. The fourth-order valence-electron chi connectivity index (χ4n) is 4.71. The number of morpholine rings is 1. The van der Waals surface area contributed by atoms with Gasteiger partial charge >= 0.3 is 0 Å². The number of carbonyl (C=O) groups excluding carboxylic acids is 1. The van der Waals surface area contributed by atoms with Crippen LogP contribution in [0.25, 0.3) is 16.9 Å². The highest BCUT2D eigenvalue weighted by atomic mass is 32.2. The number of amides is 1. The predicted molar refractivity (Wildman–Crippen MR) is 161 cm³/mol. The lowest BCUT2D eigenvalue weighted by Gasteiger charge is -2.29. The highest BCUT2D eigenvalue weighted by Crippen LogP contribution is 2.26. The van der Waals surface area contributed by atoms with Crippen LogP contribution in [0.2, 0.25) is 0 Å². The Morgan fingerprint density at radius 3 is 2.35 bits per heavy atom. The van der Waals surface area contributed by atoms with Crippen LogP contribution in [-0.4, -0.2) is 86.1 Å². The van der Waals surface area contributed by atoms with Crippen LogP contribution in [0.1, 0.15) is 5.56 Å². The van der Waals surface area contributed by atoms with Gasteiger partial charge in [0.1, 0.15) is 11.6 Å². The maximum absolute atomic E-state index is 13.7. The Morgan fingerprint density at radius 2 is 1.70 bits per heavy atom. The molecule has 4 aromatic rings. The molecular weight excluding hydrogens is 573 g/mol. The van der Waals surface area contributed by atoms with Gasteiger partial charge in [0, 0.05) is 43.6 Å². The SMILES string of the molecule is COc1ccc(-c2cn(-c3ccc(F)cc3)c(NC(=O)CN(CCN3CCOCC3)S(=O)(=O)c3ccc(C)cc3)n2)cc1. The third-order valence-electron chi connectivity index (χ3n) is 7.20. The molecule has 2 heterocycles. The van der Waals surface area contributed by atoms with Crippen LogP contribution in [0.4, 0.5) is 10.3 Å². The smallest absolute Gasteiger partial charge is 0.243 e. The first-order chi connectivity index (χ1) is 20.7. The van der Waals surface area contributed by atoms with Crippen molar-refractivity contribution in [1.29, 1.82) is 0 Å². The largest absolute Gasteiger partial charge is 0.497 e. The number of nitrogens with zero attached hydrogens (tertiary/aromatic N) is 4. The molecule has 1 N–H and O–H groups in total. The van der Waals surface area contributed by atoms with Gasteiger partial charge in [0.2, 0.25) is 21.9 Å². The van der Waals surface area contributed by atoms with Crippen molar-refractivity contribution in [2.45, 2.75) is 11.8 Å². The molecule has 1 aliphatic rings. The second-order valence-corrected chi connectivity index (χ2v) is 12.1. The molecule has 1 saturated heterocycles. The minimum Gasteiger partial charge on any atom is -0.497 e. The van der Waals surface area contributed by atoms with E-state index in [0.717, 1.165) is 11.1 Å². The summed E-state index contributed by atoms with van der Waals surface area (Å²) in [5, 5.41) is 2.79. The summed E-state index contributed by atoms with van der Waals surface area (Å²) in [5.41, 5.74) is 2.82. The van der Waals surface area contributed by atoms with Gasteiger partial charge in [0.15, 0.2) is 0 Å². The predicted octanol–water partition coefficient (Wildman–Crippen LogP) is 3.96. The van der Waals surface area contributed by atoms with Crippen molar-refractivity contribution in [2.75, 3.05) is 58.4 Å². The average Bonchev–Trinajstić information content (AvgIpc) is 3.43.